The van der Waals surface area contributed by atoms with E-state index in [1.807, 2.05) is 6.92 Å². The van der Waals surface area contributed by atoms with Gasteiger partial charge >= 0.3 is 6.09 Å². The Morgan fingerprint density at radius 1 is 1.17 bits per heavy atom. The van der Waals surface area contributed by atoms with Crippen molar-refractivity contribution in [3.05, 3.63) is 5.82 Å². The third-order valence-electron chi connectivity index (χ3n) is 9.14. The second-order valence-electron chi connectivity index (χ2n) is 11.9. The maximum atomic E-state index is 12.2. The van der Waals surface area contributed by atoms with Crippen molar-refractivity contribution in [1.82, 2.24) is 24.4 Å². The van der Waals surface area contributed by atoms with Crippen molar-refractivity contribution in [3.63, 3.8) is 0 Å². The van der Waals surface area contributed by atoms with Crippen LogP contribution in [0.25, 0.3) is 11.2 Å². The first-order valence-electron chi connectivity index (χ1n) is 14.9. The molecule has 13 nitrogen and oxygen atoms in total. The number of carboxylic acid groups (broad SMARTS) is 1. The topological polar surface area (TPSA) is 175 Å². The number of aromatic nitrogens is 4. The van der Waals surface area contributed by atoms with Crippen LogP contribution in [0.5, 0.6) is 0 Å². The zero-order valence-corrected chi connectivity index (χ0v) is 24.4. The van der Waals surface area contributed by atoms with Crippen LogP contribution >= 0.6 is 0 Å². The molecule has 0 radical (unpaired) electrons. The number of rotatable bonds is 8. The molecule has 13 heteroatoms. The fourth-order valence-electron chi connectivity index (χ4n) is 6.41. The number of carbonyl (C=O) groups is 2. The molecule has 226 valence electrons. The van der Waals surface area contributed by atoms with Crippen LogP contribution in [-0.2, 0) is 11.3 Å². The molecule has 42 heavy (non-hydrogen) atoms. The van der Waals surface area contributed by atoms with Crippen molar-refractivity contribution >= 4 is 40.8 Å². The van der Waals surface area contributed by atoms with Crippen LogP contribution < -0.4 is 16.0 Å². The SMILES string of the molecule is C#CC1CCC(Cn2c(N3CCN(C(=O)CO)CC3C)nc3nc(C(N)=NC(=O)O)nc(NC(C)C4CCC4)c32)CC1. The van der Waals surface area contributed by atoms with Crippen LogP contribution in [0.2, 0.25) is 0 Å². The van der Waals surface area contributed by atoms with E-state index in [0.29, 0.717) is 61.3 Å². The van der Waals surface area contributed by atoms with Crippen LogP contribution in [0.1, 0.15) is 64.6 Å². The Bertz CT molecular complexity index is 1390. The van der Waals surface area contributed by atoms with Crippen LogP contribution in [-0.4, -0.2) is 90.8 Å². The number of amides is 2. The lowest BCUT2D eigenvalue weighted by Crippen LogP contribution is -2.55. The number of nitrogens with one attached hydrogen (secondary N) is 1. The lowest BCUT2D eigenvalue weighted by molar-refractivity contribution is -0.134. The van der Waals surface area contributed by atoms with E-state index in [4.69, 9.17) is 22.1 Å². The first-order valence-corrected chi connectivity index (χ1v) is 14.9. The van der Waals surface area contributed by atoms with E-state index < -0.39 is 12.7 Å². The third kappa shape index (κ3) is 6.13. The average molecular weight is 580 g/mol. The second kappa shape index (κ2) is 12.5. The van der Waals surface area contributed by atoms with Gasteiger partial charge in [-0.05, 0) is 64.2 Å². The van der Waals surface area contributed by atoms with Crippen molar-refractivity contribution in [2.45, 2.75) is 77.4 Å². The number of nitrogens with zero attached hydrogens (tertiary/aromatic N) is 7. The van der Waals surface area contributed by atoms with Gasteiger partial charge in [0.1, 0.15) is 12.1 Å². The molecule has 2 unspecified atom stereocenters. The van der Waals surface area contributed by atoms with Gasteiger partial charge in [0.05, 0.1) is 0 Å². The number of aliphatic hydroxyl groups excluding tert-OH is 1. The Kier molecular flexibility index (Phi) is 8.82. The van der Waals surface area contributed by atoms with Gasteiger partial charge in [0.25, 0.3) is 0 Å². The molecule has 3 aliphatic rings. The smallest absolute Gasteiger partial charge is 0.433 e. The molecule has 2 aromatic heterocycles. The number of piperazine rings is 1. The molecular weight excluding hydrogens is 538 g/mol. The molecule has 1 aliphatic heterocycles. The first kappa shape index (κ1) is 29.6. The van der Waals surface area contributed by atoms with Crippen LogP contribution in [0.15, 0.2) is 4.99 Å². The molecule has 0 bridgehead atoms. The van der Waals surface area contributed by atoms with Crippen LogP contribution in [0, 0.1) is 30.1 Å². The Morgan fingerprint density at radius 2 is 1.90 bits per heavy atom. The minimum Gasteiger partial charge on any atom is -0.463 e. The first-order chi connectivity index (χ1) is 20.2. The molecular formula is C29H41N9O4. The summed E-state index contributed by atoms with van der Waals surface area (Å²) >= 11 is 0. The summed E-state index contributed by atoms with van der Waals surface area (Å²) in [5.74, 6) is 4.79. The normalized spacial score (nSPS) is 24.2. The molecule has 5 rings (SSSR count). The summed E-state index contributed by atoms with van der Waals surface area (Å²) in [6.45, 7) is 5.79. The molecule has 1 saturated heterocycles. The highest BCUT2D eigenvalue weighted by atomic mass is 16.4. The number of hydrogen-bond donors (Lipinski definition) is 4. The van der Waals surface area contributed by atoms with Gasteiger partial charge in [-0.1, -0.05) is 6.42 Å². The van der Waals surface area contributed by atoms with Gasteiger partial charge in [-0.25, -0.2) is 14.8 Å². The summed E-state index contributed by atoms with van der Waals surface area (Å²) < 4.78 is 2.18. The monoisotopic (exact) mass is 579 g/mol. The Labute approximate surface area is 245 Å². The molecule has 0 aromatic carbocycles. The number of carbonyl (C=O) groups excluding carboxylic acids is 1. The predicted molar refractivity (Wildman–Crippen MR) is 159 cm³/mol. The number of amidine groups is 1. The van der Waals surface area contributed by atoms with Crippen LogP contribution in [0.3, 0.4) is 0 Å². The zero-order chi connectivity index (χ0) is 30.0. The van der Waals surface area contributed by atoms with E-state index in [9.17, 15) is 19.8 Å². The second-order valence-corrected chi connectivity index (χ2v) is 11.9. The summed E-state index contributed by atoms with van der Waals surface area (Å²) in [6, 6.07) is 0.0607. The molecule has 2 saturated carbocycles. The van der Waals surface area contributed by atoms with Gasteiger partial charge in [-0.3, -0.25) is 4.79 Å². The zero-order valence-electron chi connectivity index (χ0n) is 24.4. The molecule has 3 fully saturated rings. The van der Waals surface area contributed by atoms with Crippen molar-refractivity contribution in [3.8, 4) is 12.3 Å². The number of terminal acetylenes is 1. The predicted octanol–water partition coefficient (Wildman–Crippen LogP) is 2.28. The number of hydrogen-bond acceptors (Lipinski definition) is 8. The van der Waals surface area contributed by atoms with Crippen molar-refractivity contribution in [2.75, 3.05) is 36.5 Å². The maximum Gasteiger partial charge on any atom is 0.433 e. The average Bonchev–Trinajstić information content (AvgIpc) is 3.29. The summed E-state index contributed by atoms with van der Waals surface area (Å²) in [7, 11) is 0. The number of imidazole rings is 1. The molecule has 0 spiro atoms. The van der Waals surface area contributed by atoms with Gasteiger partial charge in [0.2, 0.25) is 11.9 Å². The number of fused-ring (bicyclic) bond motifs is 1. The van der Waals surface area contributed by atoms with E-state index in [0.717, 1.165) is 44.0 Å². The van der Waals surface area contributed by atoms with E-state index >= 15 is 0 Å². The maximum absolute atomic E-state index is 12.2. The van der Waals surface area contributed by atoms with Gasteiger partial charge in [-0.15, -0.1) is 12.3 Å². The molecule has 2 amide bonds. The van der Waals surface area contributed by atoms with Crippen molar-refractivity contribution in [2.24, 2.45) is 28.5 Å². The summed E-state index contributed by atoms with van der Waals surface area (Å²) in [5, 5.41) is 22.2. The Morgan fingerprint density at radius 3 is 2.50 bits per heavy atom. The lowest BCUT2D eigenvalue weighted by Gasteiger charge is -2.40. The minimum atomic E-state index is -1.42. The standard InChI is InChI=1S/C29H41N9O4/c1-4-19-8-10-20(11-9-19)15-38-23-25(31-18(3)21-6-5-7-21)33-27(24(30)32-29(41)42)34-26(23)35-28(38)37-13-12-36(14-17(37)2)22(40)16-39/h1,17-21,39H,5-16H2,2-3H3,(H2,30,32)(H,41,42)(H,31,33,34). The largest absolute Gasteiger partial charge is 0.463 e. The van der Waals surface area contributed by atoms with Crippen molar-refractivity contribution < 1.29 is 19.8 Å². The number of nitrogens with two attached hydrogens (primary N) is 1. The fraction of sp³-hybridized carbons (Fsp3) is 0.655. The van der Waals surface area contributed by atoms with Gasteiger partial charge in [0, 0.05) is 44.2 Å². The molecule has 2 aromatic rings. The molecule has 5 N–H and O–H groups in total. The van der Waals surface area contributed by atoms with E-state index in [1.165, 1.54) is 6.42 Å². The molecule has 2 aliphatic carbocycles. The van der Waals surface area contributed by atoms with Gasteiger partial charge < -0.3 is 35.6 Å². The fourth-order valence-corrected chi connectivity index (χ4v) is 6.41. The highest BCUT2D eigenvalue weighted by Crippen LogP contribution is 2.36. The summed E-state index contributed by atoms with van der Waals surface area (Å²) in [6.07, 6.45) is 11.7. The molecule has 2 atom stereocenters. The van der Waals surface area contributed by atoms with E-state index in [-0.39, 0.29) is 29.7 Å². The van der Waals surface area contributed by atoms with Gasteiger partial charge in [-0.2, -0.15) is 9.98 Å². The summed E-state index contributed by atoms with van der Waals surface area (Å²) in [5.41, 5.74) is 7.17. The lowest BCUT2D eigenvalue weighted by atomic mass is 9.80. The Balaban J connectivity index is 1.60. The van der Waals surface area contributed by atoms with E-state index in [2.05, 4.69) is 37.6 Å². The number of aliphatic imine (C=N–C) groups is 1. The molecule has 3 heterocycles. The van der Waals surface area contributed by atoms with Gasteiger partial charge in [0.15, 0.2) is 23.1 Å². The highest BCUT2D eigenvalue weighted by Gasteiger charge is 2.33. The van der Waals surface area contributed by atoms with E-state index in [1.54, 1.807) is 4.90 Å². The Hall–Kier alpha value is -3.92. The van der Waals surface area contributed by atoms with Crippen LogP contribution in [0.4, 0.5) is 16.6 Å². The third-order valence-corrected chi connectivity index (χ3v) is 9.14. The number of aliphatic hydroxyl groups is 1. The minimum absolute atomic E-state index is 0.00495. The number of anilines is 2. The highest BCUT2D eigenvalue weighted by molar-refractivity contribution is 6.01. The summed E-state index contributed by atoms with van der Waals surface area (Å²) in [4.78, 5) is 45.1. The quantitative estimate of drug-likeness (QED) is 0.206. The van der Waals surface area contributed by atoms with Crippen molar-refractivity contribution in [1.29, 1.82) is 0 Å².